The third kappa shape index (κ3) is 3.46. The van der Waals surface area contributed by atoms with Crippen molar-refractivity contribution in [3.8, 4) is 0 Å². The highest BCUT2D eigenvalue weighted by molar-refractivity contribution is 7.09. The summed E-state index contributed by atoms with van der Waals surface area (Å²) < 4.78 is 1.84. The third-order valence-electron chi connectivity index (χ3n) is 3.10. The summed E-state index contributed by atoms with van der Waals surface area (Å²) >= 11 is 1.72. The van der Waals surface area contributed by atoms with Gasteiger partial charge in [-0.25, -0.2) is 4.98 Å². The van der Waals surface area contributed by atoms with Crippen LogP contribution < -0.4 is 5.32 Å². The predicted molar refractivity (Wildman–Crippen MR) is 84.1 cm³/mol. The van der Waals surface area contributed by atoms with Gasteiger partial charge in [0.25, 0.3) is 0 Å². The van der Waals surface area contributed by atoms with E-state index in [2.05, 4.69) is 56.6 Å². The molecule has 0 saturated heterocycles. The largest absolute Gasteiger partial charge is 0.302 e. The van der Waals surface area contributed by atoms with E-state index in [4.69, 9.17) is 4.98 Å². The SMILES string of the molecule is CC(C)NC(c1cnn(C)c1)c1nc(C(C)(C)C)cs1. The van der Waals surface area contributed by atoms with E-state index in [9.17, 15) is 0 Å². The third-order valence-corrected chi connectivity index (χ3v) is 4.01. The fraction of sp³-hybridized carbons (Fsp3) is 0.600. The Morgan fingerprint density at radius 3 is 2.45 bits per heavy atom. The molecule has 1 unspecified atom stereocenters. The lowest BCUT2D eigenvalue weighted by Crippen LogP contribution is -2.29. The average Bonchev–Trinajstić information content (AvgIpc) is 2.93. The molecule has 0 saturated carbocycles. The second-order valence-electron chi connectivity index (χ2n) is 6.52. The highest BCUT2D eigenvalue weighted by atomic mass is 32.1. The van der Waals surface area contributed by atoms with Gasteiger partial charge in [0.2, 0.25) is 0 Å². The number of thiazole rings is 1. The summed E-state index contributed by atoms with van der Waals surface area (Å²) in [5, 5.41) is 11.1. The summed E-state index contributed by atoms with van der Waals surface area (Å²) in [5.41, 5.74) is 2.40. The maximum atomic E-state index is 4.84. The lowest BCUT2D eigenvalue weighted by molar-refractivity contribution is 0.519. The van der Waals surface area contributed by atoms with Crippen LogP contribution in [-0.4, -0.2) is 20.8 Å². The van der Waals surface area contributed by atoms with E-state index in [1.807, 2.05) is 17.9 Å². The van der Waals surface area contributed by atoms with Gasteiger partial charge in [0.05, 0.1) is 17.9 Å². The Kier molecular flexibility index (Phi) is 4.30. The van der Waals surface area contributed by atoms with E-state index >= 15 is 0 Å². The van der Waals surface area contributed by atoms with Crippen LogP contribution in [0.2, 0.25) is 0 Å². The first kappa shape index (κ1) is 15.2. The Bertz CT molecular complexity index is 562. The molecule has 20 heavy (non-hydrogen) atoms. The number of nitrogens with zero attached hydrogens (tertiary/aromatic N) is 3. The first-order chi connectivity index (χ1) is 9.27. The second kappa shape index (κ2) is 5.66. The normalized spacial score (nSPS) is 13.9. The molecule has 2 aromatic heterocycles. The molecule has 1 N–H and O–H groups in total. The van der Waals surface area contributed by atoms with Gasteiger partial charge in [-0.15, -0.1) is 11.3 Å². The average molecular weight is 292 g/mol. The Morgan fingerprint density at radius 2 is 2.00 bits per heavy atom. The zero-order valence-corrected chi connectivity index (χ0v) is 14.0. The zero-order valence-electron chi connectivity index (χ0n) is 13.1. The van der Waals surface area contributed by atoms with Gasteiger partial charge < -0.3 is 5.32 Å². The van der Waals surface area contributed by atoms with Crippen LogP contribution in [0.4, 0.5) is 0 Å². The zero-order chi connectivity index (χ0) is 14.9. The van der Waals surface area contributed by atoms with Crippen molar-refractivity contribution in [3.05, 3.63) is 34.0 Å². The van der Waals surface area contributed by atoms with Crippen molar-refractivity contribution in [1.82, 2.24) is 20.1 Å². The predicted octanol–water partition coefficient (Wildman–Crippen LogP) is 3.26. The first-order valence-electron chi connectivity index (χ1n) is 6.98. The van der Waals surface area contributed by atoms with Gasteiger partial charge in [0.1, 0.15) is 5.01 Å². The van der Waals surface area contributed by atoms with E-state index in [0.29, 0.717) is 6.04 Å². The highest BCUT2D eigenvalue weighted by Crippen LogP contribution is 2.30. The number of aromatic nitrogens is 3. The molecule has 1 atom stereocenters. The molecule has 0 aliphatic heterocycles. The minimum atomic E-state index is 0.0894. The van der Waals surface area contributed by atoms with Crippen LogP contribution >= 0.6 is 11.3 Å². The second-order valence-corrected chi connectivity index (χ2v) is 7.41. The number of hydrogen-bond acceptors (Lipinski definition) is 4. The Balaban J connectivity index is 2.34. The summed E-state index contributed by atoms with van der Waals surface area (Å²) in [4.78, 5) is 4.84. The standard InChI is InChI=1S/C15H24N4S/c1-10(2)17-13(11-7-16-19(6)8-11)14-18-12(9-20-14)15(3,4)5/h7-10,13,17H,1-6H3. The molecule has 0 spiro atoms. The molecule has 0 aromatic carbocycles. The number of hydrogen-bond donors (Lipinski definition) is 1. The summed E-state index contributed by atoms with van der Waals surface area (Å²) in [6.45, 7) is 10.9. The molecule has 2 aromatic rings. The molecule has 0 bridgehead atoms. The number of aryl methyl sites for hydroxylation is 1. The van der Waals surface area contributed by atoms with E-state index < -0.39 is 0 Å². The van der Waals surface area contributed by atoms with Crippen LogP contribution in [0, 0.1) is 0 Å². The van der Waals surface area contributed by atoms with Gasteiger partial charge in [-0.05, 0) is 13.8 Å². The molecule has 0 amide bonds. The Hall–Kier alpha value is -1.20. The summed E-state index contributed by atoms with van der Waals surface area (Å²) in [6.07, 6.45) is 3.97. The fourth-order valence-electron chi connectivity index (χ4n) is 2.00. The summed E-state index contributed by atoms with van der Waals surface area (Å²) in [6, 6.07) is 0.506. The highest BCUT2D eigenvalue weighted by Gasteiger charge is 2.23. The molecule has 5 heteroatoms. The minimum Gasteiger partial charge on any atom is -0.302 e. The quantitative estimate of drug-likeness (QED) is 0.940. The fourth-order valence-corrected chi connectivity index (χ4v) is 3.13. The van der Waals surface area contributed by atoms with Gasteiger partial charge >= 0.3 is 0 Å². The Labute approximate surface area is 125 Å². The smallest absolute Gasteiger partial charge is 0.115 e. The maximum Gasteiger partial charge on any atom is 0.115 e. The molecular weight excluding hydrogens is 268 g/mol. The van der Waals surface area contributed by atoms with Gasteiger partial charge in [0.15, 0.2) is 0 Å². The number of rotatable bonds is 4. The molecule has 0 fully saturated rings. The molecule has 0 radical (unpaired) electrons. The van der Waals surface area contributed by atoms with Gasteiger partial charge in [-0.2, -0.15) is 5.10 Å². The van der Waals surface area contributed by atoms with Crippen molar-refractivity contribution in [1.29, 1.82) is 0 Å². The molecule has 110 valence electrons. The molecule has 2 rings (SSSR count). The Morgan fingerprint density at radius 1 is 1.30 bits per heavy atom. The van der Waals surface area contributed by atoms with Crippen molar-refractivity contribution in [2.24, 2.45) is 7.05 Å². The van der Waals surface area contributed by atoms with E-state index in [-0.39, 0.29) is 11.5 Å². The maximum absolute atomic E-state index is 4.84. The van der Waals surface area contributed by atoms with Gasteiger partial charge in [-0.1, -0.05) is 20.8 Å². The van der Waals surface area contributed by atoms with E-state index in [1.165, 1.54) is 0 Å². The lowest BCUT2D eigenvalue weighted by atomic mass is 9.93. The van der Waals surface area contributed by atoms with Crippen LogP contribution in [0.5, 0.6) is 0 Å². The molecule has 2 heterocycles. The van der Waals surface area contributed by atoms with E-state index in [0.717, 1.165) is 16.3 Å². The minimum absolute atomic E-state index is 0.0894. The van der Waals surface area contributed by atoms with Crippen molar-refractivity contribution < 1.29 is 0 Å². The van der Waals surface area contributed by atoms with Crippen molar-refractivity contribution in [3.63, 3.8) is 0 Å². The summed E-state index contributed by atoms with van der Waals surface area (Å²) in [5.74, 6) is 0. The number of nitrogens with one attached hydrogen (secondary N) is 1. The van der Waals surface area contributed by atoms with Crippen LogP contribution in [0.1, 0.15) is 56.9 Å². The first-order valence-corrected chi connectivity index (χ1v) is 7.86. The molecule has 0 aliphatic rings. The monoisotopic (exact) mass is 292 g/mol. The van der Waals surface area contributed by atoms with Crippen molar-refractivity contribution >= 4 is 11.3 Å². The van der Waals surface area contributed by atoms with Crippen LogP contribution in [-0.2, 0) is 12.5 Å². The lowest BCUT2D eigenvalue weighted by Gasteiger charge is -2.19. The van der Waals surface area contributed by atoms with Gasteiger partial charge in [0, 0.05) is 35.6 Å². The van der Waals surface area contributed by atoms with Crippen LogP contribution in [0.15, 0.2) is 17.8 Å². The van der Waals surface area contributed by atoms with Crippen molar-refractivity contribution in [2.75, 3.05) is 0 Å². The molecule has 0 aliphatic carbocycles. The van der Waals surface area contributed by atoms with Crippen LogP contribution in [0.3, 0.4) is 0 Å². The summed E-state index contributed by atoms with van der Waals surface area (Å²) in [7, 11) is 1.94. The van der Waals surface area contributed by atoms with Crippen LogP contribution in [0.25, 0.3) is 0 Å². The van der Waals surface area contributed by atoms with E-state index in [1.54, 1.807) is 11.3 Å². The molecule has 4 nitrogen and oxygen atoms in total. The molecular formula is C15H24N4S. The topological polar surface area (TPSA) is 42.7 Å². The van der Waals surface area contributed by atoms with Gasteiger partial charge in [-0.3, -0.25) is 4.68 Å². The van der Waals surface area contributed by atoms with Crippen molar-refractivity contribution in [2.45, 2.75) is 52.1 Å².